The van der Waals surface area contributed by atoms with Crippen LogP contribution in [0.5, 0.6) is 5.75 Å². The first kappa shape index (κ1) is 16.3. The Bertz CT molecular complexity index is 682. The van der Waals surface area contributed by atoms with Gasteiger partial charge >= 0.3 is 0 Å². The van der Waals surface area contributed by atoms with Gasteiger partial charge in [-0.2, -0.15) is 0 Å². The predicted molar refractivity (Wildman–Crippen MR) is 92.0 cm³/mol. The molecule has 1 aliphatic rings. The third-order valence-electron chi connectivity index (χ3n) is 4.02. The number of carbonyl (C=O) groups excluding carboxylic acids is 1. The Balaban J connectivity index is 1.49. The standard InChI is InChI=1S/C19H21FN2O2/c20-16-6-8-18(9-7-16)24-13-10-21-17-5-3-4-15(14-17)19(23)22-11-1-2-12-22/h3-9,14,21H,1-2,10-13H2. The molecule has 0 saturated carbocycles. The normalized spacial score (nSPS) is 13.8. The molecule has 0 spiro atoms. The second-order valence-corrected chi connectivity index (χ2v) is 5.81. The van der Waals surface area contributed by atoms with Crippen molar-refractivity contribution in [1.82, 2.24) is 4.90 Å². The molecule has 1 fully saturated rings. The molecular formula is C19H21FN2O2. The van der Waals surface area contributed by atoms with E-state index >= 15 is 0 Å². The maximum Gasteiger partial charge on any atom is 0.253 e. The van der Waals surface area contributed by atoms with Crippen molar-refractivity contribution in [3.8, 4) is 5.75 Å². The highest BCUT2D eigenvalue weighted by molar-refractivity contribution is 5.95. The largest absolute Gasteiger partial charge is 0.492 e. The smallest absolute Gasteiger partial charge is 0.253 e. The van der Waals surface area contributed by atoms with Gasteiger partial charge in [-0.15, -0.1) is 0 Å². The summed E-state index contributed by atoms with van der Waals surface area (Å²) in [6, 6.07) is 13.5. The number of amides is 1. The zero-order valence-electron chi connectivity index (χ0n) is 13.5. The van der Waals surface area contributed by atoms with Crippen LogP contribution in [0.15, 0.2) is 48.5 Å². The molecule has 3 rings (SSSR count). The fraction of sp³-hybridized carbons (Fsp3) is 0.316. The van der Waals surface area contributed by atoms with E-state index in [0.29, 0.717) is 24.5 Å². The Kier molecular flexibility index (Phi) is 5.31. The Morgan fingerprint density at radius 3 is 2.62 bits per heavy atom. The van der Waals surface area contributed by atoms with E-state index in [1.165, 1.54) is 12.1 Å². The highest BCUT2D eigenvalue weighted by Gasteiger charge is 2.19. The predicted octanol–water partition coefficient (Wildman–Crippen LogP) is 3.55. The van der Waals surface area contributed by atoms with E-state index in [4.69, 9.17) is 4.74 Å². The van der Waals surface area contributed by atoms with Crippen molar-refractivity contribution in [3.05, 3.63) is 59.9 Å². The summed E-state index contributed by atoms with van der Waals surface area (Å²) < 4.78 is 18.3. The van der Waals surface area contributed by atoms with Crippen LogP contribution in [0.4, 0.5) is 10.1 Å². The van der Waals surface area contributed by atoms with Crippen LogP contribution in [0.1, 0.15) is 23.2 Å². The molecule has 126 valence electrons. The molecule has 1 aliphatic heterocycles. The maximum absolute atomic E-state index is 12.8. The van der Waals surface area contributed by atoms with Gasteiger partial charge in [-0.1, -0.05) is 6.07 Å². The molecule has 5 heteroatoms. The molecule has 2 aromatic carbocycles. The van der Waals surface area contributed by atoms with Crippen LogP contribution in [0.25, 0.3) is 0 Å². The monoisotopic (exact) mass is 328 g/mol. The average Bonchev–Trinajstić information content (AvgIpc) is 3.14. The minimum Gasteiger partial charge on any atom is -0.492 e. The molecule has 1 heterocycles. The van der Waals surface area contributed by atoms with Gasteiger partial charge in [0.1, 0.15) is 18.2 Å². The minimum atomic E-state index is -0.278. The molecular weight excluding hydrogens is 307 g/mol. The first-order valence-electron chi connectivity index (χ1n) is 8.24. The lowest BCUT2D eigenvalue weighted by Gasteiger charge is -2.16. The zero-order chi connectivity index (χ0) is 16.8. The van der Waals surface area contributed by atoms with Gasteiger partial charge in [0.2, 0.25) is 0 Å². The van der Waals surface area contributed by atoms with Crippen LogP contribution < -0.4 is 10.1 Å². The van der Waals surface area contributed by atoms with Crippen LogP contribution in [-0.4, -0.2) is 37.0 Å². The highest BCUT2D eigenvalue weighted by Crippen LogP contribution is 2.16. The lowest BCUT2D eigenvalue weighted by Crippen LogP contribution is -2.27. The van der Waals surface area contributed by atoms with Crippen molar-refractivity contribution in [2.24, 2.45) is 0 Å². The van der Waals surface area contributed by atoms with Crippen LogP contribution in [0.3, 0.4) is 0 Å². The second kappa shape index (κ2) is 7.81. The van der Waals surface area contributed by atoms with Crippen molar-refractivity contribution >= 4 is 11.6 Å². The quantitative estimate of drug-likeness (QED) is 0.825. The summed E-state index contributed by atoms with van der Waals surface area (Å²) in [7, 11) is 0. The molecule has 1 N–H and O–H groups in total. The molecule has 0 bridgehead atoms. The fourth-order valence-corrected chi connectivity index (χ4v) is 2.76. The lowest BCUT2D eigenvalue weighted by atomic mass is 10.1. The minimum absolute atomic E-state index is 0.0960. The molecule has 0 unspecified atom stereocenters. The number of hydrogen-bond donors (Lipinski definition) is 1. The number of halogens is 1. The maximum atomic E-state index is 12.8. The van der Waals surface area contributed by atoms with E-state index in [1.54, 1.807) is 12.1 Å². The number of benzene rings is 2. The van der Waals surface area contributed by atoms with Gasteiger partial charge in [-0.3, -0.25) is 4.79 Å². The number of carbonyl (C=O) groups is 1. The third kappa shape index (κ3) is 4.25. The van der Waals surface area contributed by atoms with E-state index < -0.39 is 0 Å². The zero-order valence-corrected chi connectivity index (χ0v) is 13.5. The fourth-order valence-electron chi connectivity index (χ4n) is 2.76. The van der Waals surface area contributed by atoms with Crippen LogP contribution >= 0.6 is 0 Å². The summed E-state index contributed by atoms with van der Waals surface area (Å²) in [6.45, 7) is 2.75. The average molecular weight is 328 g/mol. The lowest BCUT2D eigenvalue weighted by molar-refractivity contribution is 0.0793. The topological polar surface area (TPSA) is 41.6 Å². The molecule has 0 aromatic heterocycles. The van der Waals surface area contributed by atoms with Gasteiger partial charge in [0, 0.05) is 30.9 Å². The number of nitrogens with one attached hydrogen (secondary N) is 1. The molecule has 1 amide bonds. The van der Waals surface area contributed by atoms with E-state index in [9.17, 15) is 9.18 Å². The van der Waals surface area contributed by atoms with E-state index in [0.717, 1.165) is 31.6 Å². The van der Waals surface area contributed by atoms with Gasteiger partial charge in [0.15, 0.2) is 0 Å². The molecule has 0 radical (unpaired) electrons. The Morgan fingerprint density at radius 2 is 1.88 bits per heavy atom. The Labute approximate surface area is 141 Å². The molecule has 2 aromatic rings. The van der Waals surface area contributed by atoms with Gasteiger partial charge < -0.3 is 15.0 Å². The molecule has 4 nitrogen and oxygen atoms in total. The Hall–Kier alpha value is -2.56. The second-order valence-electron chi connectivity index (χ2n) is 5.81. The Morgan fingerprint density at radius 1 is 1.12 bits per heavy atom. The van der Waals surface area contributed by atoms with E-state index in [1.807, 2.05) is 29.2 Å². The number of anilines is 1. The van der Waals surface area contributed by atoms with Gasteiger partial charge in [0.25, 0.3) is 5.91 Å². The van der Waals surface area contributed by atoms with Gasteiger partial charge in [-0.05, 0) is 55.3 Å². The summed E-state index contributed by atoms with van der Waals surface area (Å²) >= 11 is 0. The summed E-state index contributed by atoms with van der Waals surface area (Å²) in [5.74, 6) is 0.454. The molecule has 0 atom stereocenters. The first-order chi connectivity index (χ1) is 11.7. The number of likely N-dealkylation sites (tertiary alicyclic amines) is 1. The van der Waals surface area contributed by atoms with Crippen molar-refractivity contribution in [2.75, 3.05) is 31.6 Å². The highest BCUT2D eigenvalue weighted by atomic mass is 19.1. The summed E-state index contributed by atoms with van der Waals surface area (Å²) in [5.41, 5.74) is 1.60. The number of hydrogen-bond acceptors (Lipinski definition) is 3. The van der Waals surface area contributed by atoms with Crippen molar-refractivity contribution in [3.63, 3.8) is 0 Å². The number of ether oxygens (including phenoxy) is 1. The van der Waals surface area contributed by atoms with Crippen LogP contribution in [0.2, 0.25) is 0 Å². The van der Waals surface area contributed by atoms with Crippen molar-refractivity contribution in [2.45, 2.75) is 12.8 Å². The van der Waals surface area contributed by atoms with Crippen molar-refractivity contribution in [1.29, 1.82) is 0 Å². The SMILES string of the molecule is O=C(c1cccc(NCCOc2ccc(F)cc2)c1)N1CCCC1. The molecule has 24 heavy (non-hydrogen) atoms. The third-order valence-corrected chi connectivity index (χ3v) is 4.02. The van der Waals surface area contributed by atoms with Gasteiger partial charge in [-0.25, -0.2) is 4.39 Å². The van der Waals surface area contributed by atoms with E-state index in [2.05, 4.69) is 5.32 Å². The van der Waals surface area contributed by atoms with Crippen LogP contribution in [0, 0.1) is 5.82 Å². The van der Waals surface area contributed by atoms with Crippen molar-refractivity contribution < 1.29 is 13.9 Å². The van der Waals surface area contributed by atoms with Gasteiger partial charge in [0.05, 0.1) is 0 Å². The number of nitrogens with zero attached hydrogens (tertiary/aromatic N) is 1. The van der Waals surface area contributed by atoms with E-state index in [-0.39, 0.29) is 11.7 Å². The first-order valence-corrected chi connectivity index (χ1v) is 8.24. The van der Waals surface area contributed by atoms with Crippen LogP contribution in [-0.2, 0) is 0 Å². The number of rotatable bonds is 6. The summed E-state index contributed by atoms with van der Waals surface area (Å²) in [5, 5.41) is 3.24. The molecule has 0 aliphatic carbocycles. The summed E-state index contributed by atoms with van der Waals surface area (Å²) in [4.78, 5) is 14.3. The summed E-state index contributed by atoms with van der Waals surface area (Å²) in [6.07, 6.45) is 2.18. The molecule has 1 saturated heterocycles.